The van der Waals surface area contributed by atoms with E-state index in [1.54, 1.807) is 27.0 Å². The van der Waals surface area contributed by atoms with Gasteiger partial charge in [-0.2, -0.15) is 0 Å². The number of aromatic nitrogens is 3. The molecule has 1 saturated heterocycles. The number of amides is 2. The van der Waals surface area contributed by atoms with Gasteiger partial charge < -0.3 is 36.7 Å². The molecule has 0 aromatic carbocycles. The lowest BCUT2D eigenvalue weighted by molar-refractivity contribution is -0.768. The van der Waals surface area contributed by atoms with Crippen LogP contribution in [0, 0.1) is 0 Å². The maximum atomic E-state index is 13.0. The fourth-order valence-electron chi connectivity index (χ4n) is 3.90. The highest BCUT2D eigenvalue weighted by Crippen LogP contribution is 2.40. The average molecular weight is 524 g/mol. The molecule has 0 radical (unpaired) electrons. The number of nitrogens with one attached hydrogen (secondary N) is 1. The maximum absolute atomic E-state index is 13.0. The molecule has 0 saturated carbocycles. The molecule has 14 nitrogen and oxygen atoms in total. The van der Waals surface area contributed by atoms with E-state index in [1.165, 1.54) is 29.2 Å². The quantitative estimate of drug-likeness (QED) is 0.108. The number of nitrogen functional groups attached to an aromatic ring is 2. The van der Waals surface area contributed by atoms with Crippen LogP contribution in [0.25, 0.3) is 0 Å². The number of aliphatic hydroxyl groups excluding tert-OH is 1. The number of nitrogens with zero attached hydrogens (tertiary/aromatic N) is 5. The molecule has 7 N–H and O–H groups in total. The van der Waals surface area contributed by atoms with Gasteiger partial charge in [0.05, 0.1) is 12.7 Å². The van der Waals surface area contributed by atoms with Crippen LogP contribution in [0.15, 0.2) is 33.8 Å². The van der Waals surface area contributed by atoms with Crippen LogP contribution in [0.5, 0.6) is 0 Å². The van der Waals surface area contributed by atoms with Crippen molar-refractivity contribution < 1.29 is 34.1 Å². The molecule has 3 unspecified atom stereocenters. The number of rotatable bonds is 9. The van der Waals surface area contributed by atoms with Gasteiger partial charge >= 0.3 is 5.97 Å². The lowest BCUT2D eigenvalue weighted by Gasteiger charge is -2.50. The third-order valence-corrected chi connectivity index (χ3v) is 7.32. The first-order chi connectivity index (χ1) is 16.8. The van der Waals surface area contributed by atoms with Crippen LogP contribution in [-0.2, 0) is 32.3 Å². The number of thiazole rings is 1. The summed E-state index contributed by atoms with van der Waals surface area (Å²) < 4.78 is 3.28. The van der Waals surface area contributed by atoms with Crippen molar-refractivity contribution in [3.63, 3.8) is 0 Å². The van der Waals surface area contributed by atoms with Gasteiger partial charge in [0.25, 0.3) is 5.91 Å². The highest BCUT2D eigenvalue weighted by Gasteiger charge is 2.56. The Morgan fingerprint density at radius 3 is 2.80 bits per heavy atom. The number of aliphatic carboxylic acids is 1. The minimum Gasteiger partial charge on any atom is -0.479 e. The van der Waals surface area contributed by atoms with E-state index in [0.717, 1.165) is 11.3 Å². The molecular weight excluding hydrogens is 500 g/mol. The predicted molar refractivity (Wildman–Crippen MR) is 126 cm³/mol. The lowest BCUT2D eigenvalue weighted by atomic mass is 9.97. The van der Waals surface area contributed by atoms with Crippen molar-refractivity contribution in [1.82, 2.24) is 19.9 Å². The van der Waals surface area contributed by atoms with Gasteiger partial charge in [-0.15, -0.1) is 32.5 Å². The number of fused-ring (bicyclic) bond motifs is 1. The Labute approximate surface area is 206 Å². The van der Waals surface area contributed by atoms with E-state index in [0.29, 0.717) is 11.4 Å². The number of hydrogen-bond donors (Lipinski definition) is 5. The maximum Gasteiger partial charge on any atom is 0.331 e. The molecule has 2 amide bonds. The highest BCUT2D eigenvalue weighted by atomic mass is 32.2. The molecule has 4 rings (SSSR count). The number of thioether (sulfide) groups is 1. The molecule has 186 valence electrons. The van der Waals surface area contributed by atoms with Crippen molar-refractivity contribution in [3.05, 3.63) is 34.3 Å². The molecule has 1 fully saturated rings. The van der Waals surface area contributed by atoms with E-state index < -0.39 is 35.2 Å². The number of anilines is 2. The Morgan fingerprint density at radius 2 is 2.17 bits per heavy atom. The predicted octanol–water partition coefficient (Wildman–Crippen LogP) is -1.82. The zero-order valence-corrected chi connectivity index (χ0v) is 20.0. The fourth-order valence-corrected chi connectivity index (χ4v) is 5.66. The number of aliphatic hydroxyl groups is 1. The largest absolute Gasteiger partial charge is 0.479 e. The molecule has 4 heterocycles. The summed E-state index contributed by atoms with van der Waals surface area (Å²) in [5.74, 6) is -2.04. The Bertz CT molecular complexity index is 1220. The molecule has 2 aliphatic rings. The summed E-state index contributed by atoms with van der Waals surface area (Å²) in [5.41, 5.74) is 12.0. The molecule has 2 aromatic rings. The molecule has 2 aliphatic heterocycles. The van der Waals surface area contributed by atoms with Gasteiger partial charge in [-0.25, -0.2) is 9.78 Å². The van der Waals surface area contributed by atoms with Crippen molar-refractivity contribution in [2.75, 3.05) is 25.2 Å². The number of nitrogens with two attached hydrogens (primary N) is 2. The summed E-state index contributed by atoms with van der Waals surface area (Å²) in [6.07, 6.45) is 1.67. The molecule has 2 aromatic heterocycles. The van der Waals surface area contributed by atoms with E-state index in [9.17, 15) is 24.6 Å². The standard InChI is InChI=1S/C19H22N8O6S2/c1-33-24-12(10-8-35-19(21)22-10)15(29)23-13-16(30)27-14(18(31)32)9(7-34-17(13)27)6-25-3-2-11(20)26(25)4-5-28/h2-3,7-8,13-14,17,20,28H,4-6H2,1H3,(H4,21,22,23,29,31,32)/p+1/b24-12-. The van der Waals surface area contributed by atoms with Gasteiger partial charge in [0.1, 0.15) is 30.8 Å². The highest BCUT2D eigenvalue weighted by molar-refractivity contribution is 8.02. The molecular formula is C19H23N8O6S2+. The summed E-state index contributed by atoms with van der Waals surface area (Å²) in [6.45, 7) is 0.224. The van der Waals surface area contributed by atoms with Crippen molar-refractivity contribution in [1.29, 1.82) is 0 Å². The molecule has 0 bridgehead atoms. The molecule has 35 heavy (non-hydrogen) atoms. The van der Waals surface area contributed by atoms with Crippen LogP contribution >= 0.6 is 23.1 Å². The number of oxime groups is 1. The van der Waals surface area contributed by atoms with Gasteiger partial charge in [-0.05, 0) is 5.41 Å². The lowest BCUT2D eigenvalue weighted by Crippen LogP contribution is -2.74. The zero-order valence-electron chi connectivity index (χ0n) is 18.4. The topological polar surface area (TPSA) is 202 Å². The van der Waals surface area contributed by atoms with Gasteiger partial charge in [-0.3, -0.25) is 9.59 Å². The zero-order chi connectivity index (χ0) is 25.3. The minimum absolute atomic E-state index is 0.143. The van der Waals surface area contributed by atoms with Gasteiger partial charge in [-0.1, -0.05) is 5.16 Å². The number of β-lactam (4-membered cyclic amide) rings is 1. The number of carbonyl (C=O) groups is 3. The van der Waals surface area contributed by atoms with E-state index in [-0.39, 0.29) is 36.2 Å². The summed E-state index contributed by atoms with van der Waals surface area (Å²) >= 11 is 2.34. The SMILES string of the molecule is CO/N=C(\C(=O)NC1C(=O)N2C(C(=O)O)C(C[n+]3ccc(N)n3CCO)=CSC12)c1csc(N)n1. The number of carboxylic acid groups (broad SMARTS) is 1. The minimum atomic E-state index is -1.22. The Hall–Kier alpha value is -3.63. The first kappa shape index (κ1) is 24.5. The monoisotopic (exact) mass is 523 g/mol. The van der Waals surface area contributed by atoms with Gasteiger partial charge in [0.15, 0.2) is 35.4 Å². The second-order valence-corrected chi connectivity index (χ2v) is 9.42. The van der Waals surface area contributed by atoms with Crippen LogP contribution < -0.4 is 21.5 Å². The molecule has 0 aliphatic carbocycles. The van der Waals surface area contributed by atoms with Crippen molar-refractivity contribution in [3.8, 4) is 0 Å². The number of carboxylic acids is 1. The van der Waals surface area contributed by atoms with E-state index in [4.69, 9.17) is 16.3 Å². The third kappa shape index (κ3) is 4.54. The number of hydrogen-bond acceptors (Lipinski definition) is 11. The van der Waals surface area contributed by atoms with Crippen molar-refractivity contribution >= 4 is 57.5 Å². The van der Waals surface area contributed by atoms with Crippen molar-refractivity contribution in [2.45, 2.75) is 30.5 Å². The van der Waals surface area contributed by atoms with Crippen molar-refractivity contribution in [2.24, 2.45) is 5.16 Å². The molecule has 0 spiro atoms. The summed E-state index contributed by atoms with van der Waals surface area (Å²) in [6, 6.07) is -0.550. The van der Waals surface area contributed by atoms with Crippen LogP contribution in [0.1, 0.15) is 5.69 Å². The van der Waals surface area contributed by atoms with Crippen LogP contribution in [-0.4, -0.2) is 79.4 Å². The first-order valence-corrected chi connectivity index (χ1v) is 12.1. The Morgan fingerprint density at radius 1 is 1.40 bits per heavy atom. The summed E-state index contributed by atoms with van der Waals surface area (Å²) in [5, 5.41) is 28.3. The van der Waals surface area contributed by atoms with Gasteiger partial charge in [0, 0.05) is 11.0 Å². The summed E-state index contributed by atoms with van der Waals surface area (Å²) in [4.78, 5) is 47.9. The van der Waals surface area contributed by atoms with Gasteiger partial charge in [0.2, 0.25) is 5.91 Å². The van der Waals surface area contributed by atoms with Crippen LogP contribution in [0.2, 0.25) is 0 Å². The Kier molecular flexibility index (Phi) is 6.95. The van der Waals surface area contributed by atoms with E-state index in [1.807, 2.05) is 0 Å². The Balaban J connectivity index is 1.53. The average Bonchev–Trinajstić information content (AvgIpc) is 3.41. The van der Waals surface area contributed by atoms with E-state index >= 15 is 0 Å². The van der Waals surface area contributed by atoms with Crippen LogP contribution in [0.3, 0.4) is 0 Å². The van der Waals surface area contributed by atoms with E-state index in [2.05, 4.69) is 15.5 Å². The summed E-state index contributed by atoms with van der Waals surface area (Å²) in [7, 11) is 1.27. The normalized spacial score (nSPS) is 21.7. The second-order valence-electron chi connectivity index (χ2n) is 7.54. The molecule has 3 atom stereocenters. The number of carbonyl (C=O) groups excluding carboxylic acids is 2. The second kappa shape index (κ2) is 9.93. The third-order valence-electron chi connectivity index (χ3n) is 5.43. The van der Waals surface area contributed by atoms with Crippen LogP contribution in [0.4, 0.5) is 10.9 Å². The molecule has 16 heteroatoms. The first-order valence-electron chi connectivity index (χ1n) is 10.2. The fraction of sp³-hybridized carbons (Fsp3) is 0.368. The smallest absolute Gasteiger partial charge is 0.331 e.